The van der Waals surface area contributed by atoms with Crippen molar-refractivity contribution >= 4 is 17.7 Å². The Morgan fingerprint density at radius 2 is 1.80 bits per heavy atom. The quantitative estimate of drug-likeness (QED) is 0.526. The highest BCUT2D eigenvalue weighted by atomic mass is 35.5. The van der Waals surface area contributed by atoms with E-state index in [4.69, 9.17) is 11.6 Å². The monoisotopic (exact) mass is 428 g/mol. The third kappa shape index (κ3) is 3.92. The Labute approximate surface area is 187 Å². The summed E-state index contributed by atoms with van der Waals surface area (Å²) < 4.78 is 0. The van der Waals surface area contributed by atoms with Crippen molar-refractivity contribution in [1.82, 2.24) is 0 Å². The number of allylic oxidation sites excluding steroid dienone is 2. The first kappa shape index (κ1) is 22.1. The maximum absolute atomic E-state index is 11.5. The standard InChI is InChI=1S/C27H37ClO2/c1-18-7-12-23-25(30)24(14-16-26(18,23)2)27(3)15-13-22(29)17-20(27)6-4-5-19-8-10-21(28)11-9-19/h4-5,8-11,20,22-25,29-30H,1,6-7,12-17H2,2-3H3/b5-4-/t20?,22?,23?,24?,25-,26?,27?/m0/s1. The topological polar surface area (TPSA) is 40.5 Å². The van der Waals surface area contributed by atoms with Gasteiger partial charge in [-0.15, -0.1) is 0 Å². The van der Waals surface area contributed by atoms with E-state index < -0.39 is 0 Å². The normalized spacial score (nSPS) is 41.9. The number of fused-ring (bicyclic) bond motifs is 1. The van der Waals surface area contributed by atoms with Crippen molar-refractivity contribution in [3.63, 3.8) is 0 Å². The summed E-state index contributed by atoms with van der Waals surface area (Å²) in [5.41, 5.74) is 2.67. The van der Waals surface area contributed by atoms with Crippen LogP contribution in [-0.2, 0) is 0 Å². The Balaban J connectivity index is 1.52. The van der Waals surface area contributed by atoms with Crippen LogP contribution >= 0.6 is 11.6 Å². The number of hydrogen-bond donors (Lipinski definition) is 2. The van der Waals surface area contributed by atoms with Crippen molar-refractivity contribution in [2.75, 3.05) is 0 Å². The molecule has 0 radical (unpaired) electrons. The average molecular weight is 429 g/mol. The predicted molar refractivity (Wildman–Crippen MR) is 125 cm³/mol. The Hall–Kier alpha value is -1.09. The second-order valence-corrected chi connectivity index (χ2v) is 11.1. The smallest absolute Gasteiger partial charge is 0.0610 e. The minimum atomic E-state index is -0.258. The summed E-state index contributed by atoms with van der Waals surface area (Å²) in [4.78, 5) is 0. The second-order valence-electron chi connectivity index (χ2n) is 10.6. The van der Waals surface area contributed by atoms with Crippen LogP contribution in [0.1, 0.15) is 70.8 Å². The lowest BCUT2D eigenvalue weighted by molar-refractivity contribution is -0.118. The molecule has 30 heavy (non-hydrogen) atoms. The van der Waals surface area contributed by atoms with Gasteiger partial charge in [0.05, 0.1) is 12.2 Å². The predicted octanol–water partition coefficient (Wildman–Crippen LogP) is 6.65. The molecule has 0 amide bonds. The summed E-state index contributed by atoms with van der Waals surface area (Å²) in [5.74, 6) is 1.04. The van der Waals surface area contributed by atoms with Crippen LogP contribution in [0.4, 0.5) is 0 Å². The molecule has 3 saturated carbocycles. The number of rotatable bonds is 4. The first-order chi connectivity index (χ1) is 14.2. The second kappa shape index (κ2) is 8.45. The lowest BCUT2D eigenvalue weighted by Crippen LogP contribution is -2.52. The van der Waals surface area contributed by atoms with E-state index in [1.165, 1.54) is 5.57 Å². The van der Waals surface area contributed by atoms with Crippen LogP contribution in [0, 0.1) is 28.6 Å². The highest BCUT2D eigenvalue weighted by Gasteiger charge is 2.56. The number of aliphatic hydroxyl groups excluding tert-OH is 2. The Morgan fingerprint density at radius 3 is 2.53 bits per heavy atom. The van der Waals surface area contributed by atoms with Crippen molar-refractivity contribution in [3.05, 3.63) is 53.1 Å². The lowest BCUT2D eigenvalue weighted by atomic mass is 9.51. The van der Waals surface area contributed by atoms with E-state index in [1.54, 1.807) is 0 Å². The van der Waals surface area contributed by atoms with Gasteiger partial charge >= 0.3 is 0 Å². The Bertz CT molecular complexity index is 800. The lowest BCUT2D eigenvalue weighted by Gasteiger charge is -2.55. The molecule has 0 aliphatic heterocycles. The molecule has 0 aromatic heterocycles. The van der Waals surface area contributed by atoms with Gasteiger partial charge in [0.25, 0.3) is 0 Å². The van der Waals surface area contributed by atoms with Crippen LogP contribution in [0.3, 0.4) is 0 Å². The van der Waals surface area contributed by atoms with Gasteiger partial charge in [-0.05, 0) is 97.6 Å². The molecular formula is C27H37ClO2. The zero-order valence-electron chi connectivity index (χ0n) is 18.5. The third-order valence-electron chi connectivity index (χ3n) is 9.14. The van der Waals surface area contributed by atoms with Crippen LogP contribution in [0.2, 0.25) is 5.02 Å². The van der Waals surface area contributed by atoms with Crippen LogP contribution in [0.15, 0.2) is 42.5 Å². The molecule has 3 aliphatic carbocycles. The SMILES string of the molecule is C=C1CCC2[C@H](O)C(C3(C)CCC(O)CC3C/C=C\c3ccc(Cl)cc3)CCC12C. The Morgan fingerprint density at radius 1 is 1.07 bits per heavy atom. The summed E-state index contributed by atoms with van der Waals surface area (Å²) in [6, 6.07) is 7.90. The van der Waals surface area contributed by atoms with E-state index in [1.807, 2.05) is 24.3 Å². The fourth-order valence-corrected chi connectivity index (χ4v) is 7.05. The average Bonchev–Trinajstić information content (AvgIpc) is 3.02. The van der Waals surface area contributed by atoms with E-state index in [-0.39, 0.29) is 23.0 Å². The van der Waals surface area contributed by atoms with Gasteiger partial charge < -0.3 is 10.2 Å². The summed E-state index contributed by atoms with van der Waals surface area (Å²) in [6.07, 6.45) is 11.9. The zero-order valence-corrected chi connectivity index (χ0v) is 19.2. The molecule has 3 fully saturated rings. The van der Waals surface area contributed by atoms with Crippen molar-refractivity contribution in [1.29, 1.82) is 0 Å². The third-order valence-corrected chi connectivity index (χ3v) is 9.39. The largest absolute Gasteiger partial charge is 0.393 e. The molecule has 2 nitrogen and oxygen atoms in total. The molecule has 1 aromatic rings. The summed E-state index contributed by atoms with van der Waals surface area (Å²) >= 11 is 6.00. The minimum absolute atomic E-state index is 0.0637. The van der Waals surface area contributed by atoms with E-state index >= 15 is 0 Å². The first-order valence-electron chi connectivity index (χ1n) is 11.7. The highest BCUT2D eigenvalue weighted by Crippen LogP contribution is 2.61. The van der Waals surface area contributed by atoms with Crippen LogP contribution in [0.5, 0.6) is 0 Å². The van der Waals surface area contributed by atoms with Crippen molar-refractivity contribution in [3.8, 4) is 0 Å². The molecule has 1 aromatic carbocycles. The van der Waals surface area contributed by atoms with Gasteiger partial charge in [-0.3, -0.25) is 0 Å². The van der Waals surface area contributed by atoms with E-state index in [0.717, 1.165) is 62.0 Å². The molecule has 4 rings (SSSR count). The summed E-state index contributed by atoms with van der Waals surface area (Å²) in [6.45, 7) is 9.05. The molecule has 0 saturated heterocycles. The van der Waals surface area contributed by atoms with E-state index in [0.29, 0.717) is 17.8 Å². The molecular weight excluding hydrogens is 392 g/mol. The number of aliphatic hydroxyl groups is 2. The number of halogens is 1. The van der Waals surface area contributed by atoms with Crippen molar-refractivity contribution in [2.24, 2.45) is 28.6 Å². The van der Waals surface area contributed by atoms with Gasteiger partial charge in [0.15, 0.2) is 0 Å². The fourth-order valence-electron chi connectivity index (χ4n) is 6.93. The molecule has 3 heteroatoms. The van der Waals surface area contributed by atoms with Gasteiger partial charge in [-0.2, -0.15) is 0 Å². The number of hydrogen-bond acceptors (Lipinski definition) is 2. The minimum Gasteiger partial charge on any atom is -0.393 e. The van der Waals surface area contributed by atoms with Crippen LogP contribution < -0.4 is 0 Å². The van der Waals surface area contributed by atoms with Gasteiger partial charge in [-0.25, -0.2) is 0 Å². The van der Waals surface area contributed by atoms with Gasteiger partial charge in [-0.1, -0.05) is 61.9 Å². The maximum atomic E-state index is 11.5. The molecule has 6 unspecified atom stereocenters. The molecule has 3 aliphatic rings. The van der Waals surface area contributed by atoms with E-state index in [9.17, 15) is 10.2 Å². The maximum Gasteiger partial charge on any atom is 0.0610 e. The summed E-state index contributed by atoms with van der Waals surface area (Å²) in [5, 5.41) is 22.7. The highest BCUT2D eigenvalue weighted by molar-refractivity contribution is 6.30. The van der Waals surface area contributed by atoms with Gasteiger partial charge in [0.1, 0.15) is 0 Å². The number of benzene rings is 1. The summed E-state index contributed by atoms with van der Waals surface area (Å²) in [7, 11) is 0. The Kier molecular flexibility index (Phi) is 6.23. The first-order valence-corrected chi connectivity index (χ1v) is 12.1. The molecule has 0 spiro atoms. The van der Waals surface area contributed by atoms with Crippen LogP contribution in [0.25, 0.3) is 6.08 Å². The van der Waals surface area contributed by atoms with Crippen LogP contribution in [-0.4, -0.2) is 22.4 Å². The molecule has 0 bridgehead atoms. The van der Waals surface area contributed by atoms with Gasteiger partial charge in [0.2, 0.25) is 0 Å². The molecule has 164 valence electrons. The molecule has 2 N–H and O–H groups in total. The zero-order chi connectivity index (χ0) is 21.5. The van der Waals surface area contributed by atoms with Gasteiger partial charge in [0, 0.05) is 5.02 Å². The fraction of sp³-hybridized carbons (Fsp3) is 0.630. The molecule has 0 heterocycles. The van der Waals surface area contributed by atoms with E-state index in [2.05, 4.69) is 32.6 Å². The molecule has 7 atom stereocenters. The van der Waals surface area contributed by atoms with Crippen molar-refractivity contribution in [2.45, 2.75) is 77.4 Å². The van der Waals surface area contributed by atoms with Crippen molar-refractivity contribution < 1.29 is 10.2 Å².